The van der Waals surface area contributed by atoms with Crippen LogP contribution in [0.25, 0.3) is 0 Å². The van der Waals surface area contributed by atoms with Crippen LogP contribution < -0.4 is 15.0 Å². The Bertz CT molecular complexity index is 1020. The van der Waals surface area contributed by atoms with E-state index in [0.29, 0.717) is 30.8 Å². The normalized spacial score (nSPS) is 20.2. The maximum absolute atomic E-state index is 12.8. The Morgan fingerprint density at radius 1 is 1.10 bits per heavy atom. The predicted octanol–water partition coefficient (Wildman–Crippen LogP) is 3.67. The van der Waals surface area contributed by atoms with E-state index in [9.17, 15) is 19.7 Å². The fourth-order valence-corrected chi connectivity index (χ4v) is 4.05. The number of para-hydroxylation sites is 1. The summed E-state index contributed by atoms with van der Waals surface area (Å²) in [6.45, 7) is 0.321. The van der Waals surface area contributed by atoms with Crippen molar-refractivity contribution in [2.24, 2.45) is 11.8 Å². The van der Waals surface area contributed by atoms with E-state index < -0.39 is 4.92 Å². The summed E-state index contributed by atoms with van der Waals surface area (Å²) in [6.07, 6.45) is 4.85. The van der Waals surface area contributed by atoms with E-state index in [1.165, 1.54) is 12.1 Å². The molecule has 4 rings (SSSR count). The number of imide groups is 1. The number of nitrogens with zero attached hydrogens (tertiary/aromatic N) is 2. The van der Waals surface area contributed by atoms with Crippen LogP contribution in [0.5, 0.6) is 5.75 Å². The van der Waals surface area contributed by atoms with E-state index in [4.69, 9.17) is 4.74 Å². The Labute approximate surface area is 173 Å². The van der Waals surface area contributed by atoms with Crippen molar-refractivity contribution in [1.29, 1.82) is 0 Å². The van der Waals surface area contributed by atoms with Gasteiger partial charge in [0.05, 0.1) is 29.6 Å². The highest BCUT2D eigenvalue weighted by Gasteiger charge is 2.48. The number of ether oxygens (including phenoxy) is 1. The molecule has 2 atom stereocenters. The fraction of sp³-hybridized carbons (Fsp3) is 0.273. The van der Waals surface area contributed by atoms with Crippen LogP contribution in [0.1, 0.15) is 18.4 Å². The van der Waals surface area contributed by atoms with Gasteiger partial charge in [0.1, 0.15) is 11.4 Å². The first-order chi connectivity index (χ1) is 14.5. The van der Waals surface area contributed by atoms with Crippen LogP contribution in [0, 0.1) is 22.0 Å². The van der Waals surface area contributed by atoms with Crippen LogP contribution in [0.15, 0.2) is 54.6 Å². The standard InChI is InChI=1S/C22H21N3O5/c1-30-20-9-5-2-6-14(20)13-23-18-11-10-15(12-19(18)25(28)29)24-21(26)16-7-3-4-8-17(16)22(24)27/h2-6,9-12,16-17,23H,7-8,13H2,1H3/t16-,17-/m0/s1. The molecule has 8 nitrogen and oxygen atoms in total. The van der Waals surface area contributed by atoms with Crippen LogP contribution in [0.2, 0.25) is 0 Å². The van der Waals surface area contributed by atoms with Crippen molar-refractivity contribution in [1.82, 2.24) is 0 Å². The molecule has 1 fully saturated rings. The van der Waals surface area contributed by atoms with Gasteiger partial charge in [-0.1, -0.05) is 30.4 Å². The largest absolute Gasteiger partial charge is 0.496 e. The molecule has 2 aromatic carbocycles. The Balaban J connectivity index is 1.60. The van der Waals surface area contributed by atoms with E-state index in [0.717, 1.165) is 10.5 Å². The van der Waals surface area contributed by atoms with Gasteiger partial charge in [0, 0.05) is 18.2 Å². The fourth-order valence-electron chi connectivity index (χ4n) is 4.05. The van der Waals surface area contributed by atoms with Crippen LogP contribution in [0.4, 0.5) is 17.1 Å². The Morgan fingerprint density at radius 3 is 2.40 bits per heavy atom. The maximum Gasteiger partial charge on any atom is 0.294 e. The smallest absolute Gasteiger partial charge is 0.294 e. The lowest BCUT2D eigenvalue weighted by Crippen LogP contribution is -2.30. The maximum atomic E-state index is 12.8. The molecule has 1 N–H and O–H groups in total. The highest BCUT2D eigenvalue weighted by atomic mass is 16.6. The predicted molar refractivity (Wildman–Crippen MR) is 111 cm³/mol. The number of nitrogens with one attached hydrogen (secondary N) is 1. The number of carbonyl (C=O) groups excluding carboxylic acids is 2. The number of hydrogen-bond acceptors (Lipinski definition) is 6. The van der Waals surface area contributed by atoms with Gasteiger partial charge in [-0.3, -0.25) is 19.7 Å². The first-order valence-corrected chi connectivity index (χ1v) is 9.68. The van der Waals surface area contributed by atoms with E-state index in [1.807, 2.05) is 36.4 Å². The molecule has 2 amide bonds. The number of hydrogen-bond donors (Lipinski definition) is 1. The van der Waals surface area contributed by atoms with Gasteiger partial charge in [-0.05, 0) is 31.0 Å². The lowest BCUT2D eigenvalue weighted by atomic mass is 9.85. The monoisotopic (exact) mass is 407 g/mol. The summed E-state index contributed by atoms with van der Waals surface area (Å²) < 4.78 is 5.31. The van der Waals surface area contributed by atoms with Gasteiger partial charge in [0.25, 0.3) is 5.69 Å². The van der Waals surface area contributed by atoms with Crippen molar-refractivity contribution in [2.45, 2.75) is 19.4 Å². The number of fused-ring (bicyclic) bond motifs is 1. The van der Waals surface area contributed by atoms with Gasteiger partial charge in [-0.2, -0.15) is 0 Å². The highest BCUT2D eigenvalue weighted by molar-refractivity contribution is 6.22. The number of benzene rings is 2. The SMILES string of the molecule is COc1ccccc1CNc1ccc(N2C(=O)[C@H]3CC=CC[C@@H]3C2=O)cc1[N+](=O)[O-]. The summed E-state index contributed by atoms with van der Waals surface area (Å²) in [5.74, 6) is -0.680. The Kier molecular flexibility index (Phi) is 5.22. The molecule has 2 aromatic rings. The third-order valence-corrected chi connectivity index (χ3v) is 5.61. The van der Waals surface area contributed by atoms with Gasteiger partial charge in [-0.25, -0.2) is 4.90 Å². The number of anilines is 2. The number of rotatable bonds is 6. The van der Waals surface area contributed by atoms with Crippen molar-refractivity contribution >= 4 is 28.9 Å². The molecule has 0 spiro atoms. The number of carbonyl (C=O) groups is 2. The third-order valence-electron chi connectivity index (χ3n) is 5.61. The highest BCUT2D eigenvalue weighted by Crippen LogP contribution is 2.39. The van der Waals surface area contributed by atoms with Crippen LogP contribution in [-0.4, -0.2) is 23.8 Å². The van der Waals surface area contributed by atoms with Crippen molar-refractivity contribution in [3.05, 3.63) is 70.3 Å². The summed E-state index contributed by atoms with van der Waals surface area (Å²) >= 11 is 0. The molecule has 1 heterocycles. The second-order valence-corrected chi connectivity index (χ2v) is 7.29. The number of amides is 2. The Morgan fingerprint density at radius 2 is 1.77 bits per heavy atom. The van der Waals surface area contributed by atoms with E-state index in [-0.39, 0.29) is 35.0 Å². The second kappa shape index (κ2) is 7.98. The summed E-state index contributed by atoms with van der Waals surface area (Å²) in [6, 6.07) is 11.8. The lowest BCUT2D eigenvalue weighted by Gasteiger charge is -2.16. The topological polar surface area (TPSA) is 102 Å². The van der Waals surface area contributed by atoms with Gasteiger partial charge in [-0.15, -0.1) is 0 Å². The first kappa shape index (κ1) is 19.6. The molecule has 0 aromatic heterocycles. The zero-order chi connectivity index (χ0) is 21.3. The summed E-state index contributed by atoms with van der Waals surface area (Å²) in [4.78, 5) is 37.8. The molecule has 1 saturated heterocycles. The lowest BCUT2D eigenvalue weighted by molar-refractivity contribution is -0.383. The summed E-state index contributed by atoms with van der Waals surface area (Å²) in [5.41, 5.74) is 1.18. The number of allylic oxidation sites excluding steroid dienone is 2. The van der Waals surface area contributed by atoms with E-state index in [2.05, 4.69) is 5.32 Å². The van der Waals surface area contributed by atoms with E-state index >= 15 is 0 Å². The minimum Gasteiger partial charge on any atom is -0.496 e. The zero-order valence-electron chi connectivity index (χ0n) is 16.4. The zero-order valence-corrected chi connectivity index (χ0v) is 16.4. The number of methoxy groups -OCH3 is 1. The van der Waals surface area contributed by atoms with Crippen molar-refractivity contribution < 1.29 is 19.2 Å². The molecule has 8 heteroatoms. The molecule has 0 radical (unpaired) electrons. The molecule has 154 valence electrons. The molecule has 0 saturated carbocycles. The van der Waals surface area contributed by atoms with Crippen molar-refractivity contribution in [2.75, 3.05) is 17.3 Å². The van der Waals surface area contributed by atoms with Crippen LogP contribution in [0.3, 0.4) is 0 Å². The second-order valence-electron chi connectivity index (χ2n) is 7.29. The molecule has 2 aliphatic rings. The number of nitro groups is 1. The van der Waals surface area contributed by atoms with Crippen LogP contribution in [-0.2, 0) is 16.1 Å². The average molecular weight is 407 g/mol. The van der Waals surface area contributed by atoms with Crippen molar-refractivity contribution in [3.8, 4) is 5.75 Å². The van der Waals surface area contributed by atoms with Gasteiger partial charge in [0.2, 0.25) is 11.8 Å². The molecular weight excluding hydrogens is 386 g/mol. The van der Waals surface area contributed by atoms with Gasteiger partial charge >= 0.3 is 0 Å². The molecule has 1 aliphatic carbocycles. The van der Waals surface area contributed by atoms with Crippen molar-refractivity contribution in [3.63, 3.8) is 0 Å². The van der Waals surface area contributed by atoms with Gasteiger partial charge in [0.15, 0.2) is 0 Å². The summed E-state index contributed by atoms with van der Waals surface area (Å²) in [5, 5.41) is 14.7. The van der Waals surface area contributed by atoms with E-state index in [1.54, 1.807) is 13.2 Å². The minimum atomic E-state index is -0.520. The Hall–Kier alpha value is -3.68. The minimum absolute atomic E-state index is 0.198. The van der Waals surface area contributed by atoms with Gasteiger partial charge < -0.3 is 10.1 Å². The molecule has 0 unspecified atom stereocenters. The van der Waals surface area contributed by atoms with Crippen LogP contribution >= 0.6 is 0 Å². The molecule has 1 aliphatic heterocycles. The first-order valence-electron chi connectivity index (χ1n) is 9.68. The number of nitro benzene ring substituents is 1. The molecule has 30 heavy (non-hydrogen) atoms. The molecular formula is C22H21N3O5. The average Bonchev–Trinajstić information content (AvgIpc) is 3.02. The molecule has 0 bridgehead atoms. The quantitative estimate of drug-likeness (QED) is 0.339. The summed E-state index contributed by atoms with van der Waals surface area (Å²) in [7, 11) is 1.56. The third kappa shape index (κ3) is 3.41.